The number of carbonyl (C=O) groups is 2. The molecule has 5 heteroatoms. The van der Waals surface area contributed by atoms with Gasteiger partial charge >= 0.3 is 0 Å². The van der Waals surface area contributed by atoms with Crippen LogP contribution in [0.4, 0.5) is 0 Å². The van der Waals surface area contributed by atoms with Crippen molar-refractivity contribution in [2.75, 3.05) is 39.3 Å². The number of hydrogen-bond donors (Lipinski definition) is 1. The molecule has 112 valence electrons. The average Bonchev–Trinajstić information content (AvgIpc) is 2.99. The van der Waals surface area contributed by atoms with Crippen molar-refractivity contribution in [2.45, 2.75) is 25.7 Å². The SMILES string of the molecule is C=CCNC(=O)CN1CCC(C(=O)N2CCCC2)CC1. The molecular formula is C15H25N3O2. The predicted octanol–water partition coefficient (Wildman–Crippen LogP) is 0.623. The Morgan fingerprint density at radius 1 is 1.15 bits per heavy atom. The zero-order chi connectivity index (χ0) is 14.4. The van der Waals surface area contributed by atoms with Gasteiger partial charge in [-0.3, -0.25) is 14.5 Å². The lowest BCUT2D eigenvalue weighted by Crippen LogP contribution is -2.45. The zero-order valence-corrected chi connectivity index (χ0v) is 12.1. The third-order valence-corrected chi connectivity index (χ3v) is 4.17. The van der Waals surface area contributed by atoms with E-state index in [1.54, 1.807) is 6.08 Å². The summed E-state index contributed by atoms with van der Waals surface area (Å²) >= 11 is 0. The Morgan fingerprint density at radius 3 is 2.40 bits per heavy atom. The Balaban J connectivity index is 1.70. The molecule has 2 amide bonds. The van der Waals surface area contributed by atoms with Gasteiger partial charge in [0.1, 0.15) is 0 Å². The number of carbonyl (C=O) groups excluding carboxylic acids is 2. The van der Waals surface area contributed by atoms with Crippen LogP contribution in [0.15, 0.2) is 12.7 Å². The van der Waals surface area contributed by atoms with Gasteiger partial charge < -0.3 is 10.2 Å². The summed E-state index contributed by atoms with van der Waals surface area (Å²) in [5.41, 5.74) is 0. The Labute approximate surface area is 121 Å². The quantitative estimate of drug-likeness (QED) is 0.751. The van der Waals surface area contributed by atoms with Gasteiger partial charge in [0.05, 0.1) is 6.54 Å². The lowest BCUT2D eigenvalue weighted by molar-refractivity contribution is -0.136. The molecule has 0 aromatic carbocycles. The molecule has 2 saturated heterocycles. The molecule has 20 heavy (non-hydrogen) atoms. The molecule has 0 aromatic rings. The highest BCUT2D eigenvalue weighted by Gasteiger charge is 2.30. The summed E-state index contributed by atoms with van der Waals surface area (Å²) in [6.45, 7) is 8.07. The molecule has 0 bridgehead atoms. The van der Waals surface area contributed by atoms with Crippen LogP contribution in [0.5, 0.6) is 0 Å². The minimum Gasteiger partial charge on any atom is -0.352 e. The van der Waals surface area contributed by atoms with E-state index in [0.29, 0.717) is 19.0 Å². The smallest absolute Gasteiger partial charge is 0.234 e. The average molecular weight is 279 g/mol. The molecule has 0 unspecified atom stereocenters. The maximum Gasteiger partial charge on any atom is 0.234 e. The first kappa shape index (κ1) is 15.0. The van der Waals surface area contributed by atoms with Crippen LogP contribution >= 0.6 is 0 Å². The second kappa shape index (κ2) is 7.43. The molecule has 2 heterocycles. The Kier molecular flexibility index (Phi) is 5.59. The molecule has 0 saturated carbocycles. The van der Waals surface area contributed by atoms with Crippen LogP contribution in [0.2, 0.25) is 0 Å². The predicted molar refractivity (Wildman–Crippen MR) is 78.2 cm³/mol. The van der Waals surface area contributed by atoms with Gasteiger partial charge in [-0.15, -0.1) is 6.58 Å². The van der Waals surface area contributed by atoms with E-state index in [0.717, 1.165) is 51.9 Å². The van der Waals surface area contributed by atoms with Crippen LogP contribution in [0.25, 0.3) is 0 Å². The number of hydrogen-bond acceptors (Lipinski definition) is 3. The summed E-state index contributed by atoms with van der Waals surface area (Å²) in [5, 5.41) is 2.78. The van der Waals surface area contributed by atoms with E-state index in [9.17, 15) is 9.59 Å². The fourth-order valence-electron chi connectivity index (χ4n) is 2.98. The van der Waals surface area contributed by atoms with Crippen LogP contribution in [0.3, 0.4) is 0 Å². The number of amides is 2. The van der Waals surface area contributed by atoms with E-state index in [4.69, 9.17) is 0 Å². The highest BCUT2D eigenvalue weighted by Crippen LogP contribution is 2.21. The lowest BCUT2D eigenvalue weighted by atomic mass is 9.95. The van der Waals surface area contributed by atoms with E-state index in [-0.39, 0.29) is 11.8 Å². The van der Waals surface area contributed by atoms with Crippen LogP contribution in [-0.4, -0.2) is 60.9 Å². The summed E-state index contributed by atoms with van der Waals surface area (Å²) < 4.78 is 0. The van der Waals surface area contributed by atoms with Gasteiger partial charge in [0.2, 0.25) is 11.8 Å². The van der Waals surface area contributed by atoms with Crippen molar-refractivity contribution in [3.05, 3.63) is 12.7 Å². The monoisotopic (exact) mass is 279 g/mol. The van der Waals surface area contributed by atoms with Crippen LogP contribution in [0.1, 0.15) is 25.7 Å². The first-order chi connectivity index (χ1) is 9.70. The van der Waals surface area contributed by atoms with Crippen LogP contribution in [-0.2, 0) is 9.59 Å². The van der Waals surface area contributed by atoms with Gasteiger partial charge in [0.15, 0.2) is 0 Å². The van der Waals surface area contributed by atoms with Crippen molar-refractivity contribution in [3.63, 3.8) is 0 Å². The van der Waals surface area contributed by atoms with Gasteiger partial charge in [0.25, 0.3) is 0 Å². The minimum atomic E-state index is 0.0363. The Bertz CT molecular complexity index is 356. The maximum atomic E-state index is 12.3. The first-order valence-electron chi connectivity index (χ1n) is 7.59. The number of nitrogens with one attached hydrogen (secondary N) is 1. The summed E-state index contributed by atoms with van der Waals surface area (Å²) in [7, 11) is 0. The van der Waals surface area contributed by atoms with Crippen molar-refractivity contribution in [1.82, 2.24) is 15.1 Å². The van der Waals surface area contributed by atoms with Gasteiger partial charge in [-0.05, 0) is 38.8 Å². The number of piperidine rings is 1. The van der Waals surface area contributed by atoms with Crippen molar-refractivity contribution < 1.29 is 9.59 Å². The molecule has 2 fully saturated rings. The third-order valence-electron chi connectivity index (χ3n) is 4.17. The molecule has 0 aromatic heterocycles. The molecule has 1 N–H and O–H groups in total. The van der Waals surface area contributed by atoms with Gasteiger partial charge in [-0.2, -0.15) is 0 Å². The van der Waals surface area contributed by atoms with Gasteiger partial charge in [0, 0.05) is 25.6 Å². The van der Waals surface area contributed by atoms with E-state index in [2.05, 4.69) is 16.8 Å². The van der Waals surface area contributed by atoms with Gasteiger partial charge in [-0.1, -0.05) is 6.08 Å². The molecule has 2 aliphatic rings. The summed E-state index contributed by atoms with van der Waals surface area (Å²) in [4.78, 5) is 28.0. The summed E-state index contributed by atoms with van der Waals surface area (Å²) in [6, 6.07) is 0. The van der Waals surface area contributed by atoms with Crippen molar-refractivity contribution in [3.8, 4) is 0 Å². The molecule has 0 radical (unpaired) electrons. The normalized spacial score (nSPS) is 20.9. The highest BCUT2D eigenvalue weighted by molar-refractivity contribution is 5.79. The fourth-order valence-corrected chi connectivity index (χ4v) is 2.98. The lowest BCUT2D eigenvalue weighted by Gasteiger charge is -2.32. The largest absolute Gasteiger partial charge is 0.352 e. The number of nitrogens with zero attached hydrogens (tertiary/aromatic N) is 2. The molecule has 0 spiro atoms. The summed E-state index contributed by atoms with van der Waals surface area (Å²) in [6.07, 6.45) is 5.73. The zero-order valence-electron chi connectivity index (χ0n) is 12.1. The van der Waals surface area contributed by atoms with E-state index < -0.39 is 0 Å². The molecule has 2 rings (SSSR count). The van der Waals surface area contributed by atoms with Crippen molar-refractivity contribution in [2.24, 2.45) is 5.92 Å². The number of rotatable bonds is 5. The molecule has 0 aliphatic carbocycles. The molecular weight excluding hydrogens is 254 g/mol. The molecule has 0 atom stereocenters. The minimum absolute atomic E-state index is 0.0363. The number of likely N-dealkylation sites (tertiary alicyclic amines) is 2. The standard InChI is InChI=1S/C15H25N3O2/c1-2-7-16-14(19)12-17-10-5-13(6-11-17)15(20)18-8-3-4-9-18/h2,13H,1,3-12H2,(H,16,19). The van der Waals surface area contributed by atoms with E-state index in [1.165, 1.54) is 0 Å². The van der Waals surface area contributed by atoms with E-state index >= 15 is 0 Å². The maximum absolute atomic E-state index is 12.3. The molecule has 2 aliphatic heterocycles. The van der Waals surface area contributed by atoms with Crippen LogP contribution < -0.4 is 5.32 Å². The highest BCUT2D eigenvalue weighted by atomic mass is 16.2. The molecule has 5 nitrogen and oxygen atoms in total. The second-order valence-corrected chi connectivity index (χ2v) is 5.68. The Hall–Kier alpha value is -1.36. The fraction of sp³-hybridized carbons (Fsp3) is 0.733. The van der Waals surface area contributed by atoms with E-state index in [1.807, 2.05) is 4.90 Å². The Morgan fingerprint density at radius 2 is 1.80 bits per heavy atom. The second-order valence-electron chi connectivity index (χ2n) is 5.68. The summed E-state index contributed by atoms with van der Waals surface area (Å²) in [5.74, 6) is 0.535. The topological polar surface area (TPSA) is 52.7 Å². The van der Waals surface area contributed by atoms with Crippen molar-refractivity contribution in [1.29, 1.82) is 0 Å². The van der Waals surface area contributed by atoms with Crippen molar-refractivity contribution >= 4 is 11.8 Å². The first-order valence-corrected chi connectivity index (χ1v) is 7.59. The third kappa shape index (κ3) is 4.07. The van der Waals surface area contributed by atoms with Crippen LogP contribution in [0, 0.1) is 5.92 Å². The van der Waals surface area contributed by atoms with Gasteiger partial charge in [-0.25, -0.2) is 0 Å².